The first kappa shape index (κ1) is 12.6. The molecular formula is C14H12N2O4. The number of hydrogen-bond acceptors (Lipinski definition) is 6. The molecule has 0 saturated carbocycles. The molecule has 102 valence electrons. The predicted molar refractivity (Wildman–Crippen MR) is 70.0 cm³/mol. The van der Waals surface area contributed by atoms with E-state index in [1.165, 1.54) is 0 Å². The average molecular weight is 272 g/mol. The Morgan fingerprint density at radius 2 is 1.70 bits per heavy atom. The van der Waals surface area contributed by atoms with Gasteiger partial charge in [0.25, 0.3) is 0 Å². The fraction of sp³-hybridized carbons (Fsp3) is 0.143. The van der Waals surface area contributed by atoms with Crippen molar-refractivity contribution in [1.29, 1.82) is 0 Å². The Bertz CT molecular complexity index is 710. The monoisotopic (exact) mass is 272 g/mol. The van der Waals surface area contributed by atoms with Crippen LogP contribution in [0.2, 0.25) is 0 Å². The van der Waals surface area contributed by atoms with Crippen LogP contribution in [0.1, 0.15) is 5.56 Å². The molecule has 1 aliphatic rings. The summed E-state index contributed by atoms with van der Waals surface area (Å²) in [5.41, 5.74) is 10.6. The van der Waals surface area contributed by atoms with Gasteiger partial charge in [-0.15, -0.1) is 0 Å². The van der Waals surface area contributed by atoms with Gasteiger partial charge in [0.1, 0.15) is 0 Å². The van der Waals surface area contributed by atoms with Crippen LogP contribution in [-0.2, 0) is 24.8 Å². The van der Waals surface area contributed by atoms with E-state index in [9.17, 15) is 9.59 Å². The van der Waals surface area contributed by atoms with Crippen LogP contribution in [0.15, 0.2) is 42.5 Å². The van der Waals surface area contributed by atoms with Gasteiger partial charge >= 0.3 is 11.9 Å². The zero-order valence-corrected chi connectivity index (χ0v) is 10.4. The molecule has 1 heterocycles. The standard InChI is InChI=1S/C14H12N2O4/c15-13-14(16,20-12(18)11(17)19-13)10-7-3-5-8-4-1-2-6-9(8)10/h1-7,13H,15-16H2. The highest BCUT2D eigenvalue weighted by atomic mass is 16.7. The van der Waals surface area contributed by atoms with E-state index in [0.717, 1.165) is 10.8 Å². The van der Waals surface area contributed by atoms with Crippen molar-refractivity contribution < 1.29 is 19.1 Å². The molecule has 1 aliphatic heterocycles. The minimum Gasteiger partial charge on any atom is -0.432 e. The molecule has 0 amide bonds. The fourth-order valence-electron chi connectivity index (χ4n) is 2.28. The van der Waals surface area contributed by atoms with Crippen molar-refractivity contribution in [1.82, 2.24) is 0 Å². The summed E-state index contributed by atoms with van der Waals surface area (Å²) < 4.78 is 9.79. The van der Waals surface area contributed by atoms with Crippen LogP contribution in [0.25, 0.3) is 10.8 Å². The van der Waals surface area contributed by atoms with E-state index in [2.05, 4.69) is 0 Å². The molecule has 0 spiro atoms. The van der Waals surface area contributed by atoms with E-state index in [0.29, 0.717) is 5.56 Å². The summed E-state index contributed by atoms with van der Waals surface area (Å²) >= 11 is 0. The van der Waals surface area contributed by atoms with Crippen molar-refractivity contribution in [3.63, 3.8) is 0 Å². The second-order valence-electron chi connectivity index (χ2n) is 4.54. The van der Waals surface area contributed by atoms with Crippen LogP contribution in [0.5, 0.6) is 0 Å². The number of carbonyl (C=O) groups is 2. The summed E-state index contributed by atoms with van der Waals surface area (Å²) in [6.45, 7) is 0. The van der Waals surface area contributed by atoms with Crippen molar-refractivity contribution in [3.05, 3.63) is 48.0 Å². The zero-order chi connectivity index (χ0) is 14.3. The van der Waals surface area contributed by atoms with Gasteiger partial charge in [-0.05, 0) is 10.8 Å². The van der Waals surface area contributed by atoms with Gasteiger partial charge in [0.2, 0.25) is 12.0 Å². The lowest BCUT2D eigenvalue weighted by Crippen LogP contribution is -2.62. The largest absolute Gasteiger partial charge is 0.432 e. The van der Waals surface area contributed by atoms with Crippen molar-refractivity contribution >= 4 is 22.7 Å². The Kier molecular flexibility index (Phi) is 2.70. The number of ether oxygens (including phenoxy) is 2. The summed E-state index contributed by atoms with van der Waals surface area (Å²) in [6.07, 6.45) is -1.27. The topological polar surface area (TPSA) is 105 Å². The Hall–Kier alpha value is -2.44. The lowest BCUT2D eigenvalue weighted by molar-refractivity contribution is -0.215. The molecule has 2 unspecified atom stereocenters. The molecule has 0 radical (unpaired) electrons. The van der Waals surface area contributed by atoms with E-state index in [4.69, 9.17) is 20.9 Å². The predicted octanol–water partition coefficient (Wildman–Crippen LogP) is 0.336. The van der Waals surface area contributed by atoms with E-state index >= 15 is 0 Å². The lowest BCUT2D eigenvalue weighted by atomic mass is 9.94. The molecular weight excluding hydrogens is 260 g/mol. The summed E-state index contributed by atoms with van der Waals surface area (Å²) in [7, 11) is 0. The Balaban J connectivity index is 2.19. The third-order valence-electron chi connectivity index (χ3n) is 3.30. The number of esters is 2. The highest BCUT2D eigenvalue weighted by Gasteiger charge is 2.48. The van der Waals surface area contributed by atoms with Crippen molar-refractivity contribution in [2.24, 2.45) is 11.5 Å². The van der Waals surface area contributed by atoms with Gasteiger partial charge in [0.05, 0.1) is 0 Å². The minimum atomic E-state index is -1.70. The molecule has 4 N–H and O–H groups in total. The Morgan fingerprint density at radius 1 is 1.00 bits per heavy atom. The van der Waals surface area contributed by atoms with Gasteiger partial charge < -0.3 is 9.47 Å². The highest BCUT2D eigenvalue weighted by Crippen LogP contribution is 2.32. The van der Waals surface area contributed by atoms with Crippen molar-refractivity contribution in [2.45, 2.75) is 12.0 Å². The number of fused-ring (bicyclic) bond motifs is 1. The first-order chi connectivity index (χ1) is 9.52. The number of cyclic esters (lactones) is 2. The average Bonchev–Trinajstić information content (AvgIpc) is 2.45. The molecule has 1 saturated heterocycles. The van der Waals surface area contributed by atoms with Crippen molar-refractivity contribution in [2.75, 3.05) is 0 Å². The van der Waals surface area contributed by atoms with Crippen LogP contribution in [0, 0.1) is 0 Å². The number of hydrogen-bond donors (Lipinski definition) is 2. The third kappa shape index (κ3) is 1.74. The van der Waals surface area contributed by atoms with Gasteiger partial charge in [-0.3, -0.25) is 11.5 Å². The van der Waals surface area contributed by atoms with Gasteiger partial charge in [0.15, 0.2) is 0 Å². The maximum Gasteiger partial charge on any atom is 0.419 e. The van der Waals surface area contributed by atoms with Crippen LogP contribution < -0.4 is 11.5 Å². The molecule has 2 aromatic carbocycles. The first-order valence-electron chi connectivity index (χ1n) is 5.99. The molecule has 0 bridgehead atoms. The normalized spacial score (nSPS) is 26.2. The summed E-state index contributed by atoms with van der Waals surface area (Å²) in [5, 5.41) is 1.69. The van der Waals surface area contributed by atoms with Gasteiger partial charge in [-0.1, -0.05) is 42.5 Å². The highest BCUT2D eigenvalue weighted by molar-refractivity contribution is 6.30. The molecule has 2 atom stereocenters. The number of carbonyl (C=O) groups excluding carboxylic acids is 2. The molecule has 3 rings (SSSR count). The number of rotatable bonds is 1. The maximum absolute atomic E-state index is 11.4. The smallest absolute Gasteiger partial charge is 0.419 e. The molecule has 20 heavy (non-hydrogen) atoms. The Labute approximate surface area is 114 Å². The van der Waals surface area contributed by atoms with Gasteiger partial charge in [0, 0.05) is 5.56 Å². The molecule has 6 nitrogen and oxygen atoms in total. The fourth-order valence-corrected chi connectivity index (χ4v) is 2.28. The van der Waals surface area contributed by atoms with E-state index < -0.39 is 23.9 Å². The molecule has 0 aliphatic carbocycles. The summed E-state index contributed by atoms with van der Waals surface area (Å²) in [5.74, 6) is -2.29. The quantitative estimate of drug-likeness (QED) is 0.573. The second kappa shape index (κ2) is 4.29. The minimum absolute atomic E-state index is 0.490. The molecule has 6 heteroatoms. The van der Waals surface area contributed by atoms with Crippen LogP contribution >= 0.6 is 0 Å². The van der Waals surface area contributed by atoms with E-state index in [1.807, 2.05) is 30.3 Å². The lowest BCUT2D eigenvalue weighted by Gasteiger charge is -2.37. The number of nitrogens with two attached hydrogens (primary N) is 2. The zero-order valence-electron chi connectivity index (χ0n) is 10.4. The van der Waals surface area contributed by atoms with Crippen molar-refractivity contribution in [3.8, 4) is 0 Å². The summed E-state index contributed by atoms with van der Waals surface area (Å²) in [4.78, 5) is 22.6. The SMILES string of the molecule is NC1OC(=O)C(=O)OC1(N)c1cccc2ccccc12. The third-order valence-corrected chi connectivity index (χ3v) is 3.30. The first-order valence-corrected chi connectivity index (χ1v) is 5.99. The Morgan fingerprint density at radius 3 is 2.50 bits per heavy atom. The molecule has 0 aromatic heterocycles. The number of benzene rings is 2. The van der Waals surface area contributed by atoms with Gasteiger partial charge in [-0.25, -0.2) is 9.59 Å². The van der Waals surface area contributed by atoms with Crippen LogP contribution in [0.4, 0.5) is 0 Å². The second-order valence-corrected chi connectivity index (χ2v) is 4.54. The molecule has 1 fully saturated rings. The van der Waals surface area contributed by atoms with Crippen LogP contribution in [0.3, 0.4) is 0 Å². The van der Waals surface area contributed by atoms with Crippen LogP contribution in [-0.4, -0.2) is 18.2 Å². The maximum atomic E-state index is 11.4. The molecule has 2 aromatic rings. The van der Waals surface area contributed by atoms with Gasteiger partial charge in [-0.2, -0.15) is 0 Å². The van der Waals surface area contributed by atoms with E-state index in [1.54, 1.807) is 12.1 Å². The summed E-state index contributed by atoms with van der Waals surface area (Å²) in [6, 6.07) is 12.8. The van der Waals surface area contributed by atoms with E-state index in [-0.39, 0.29) is 0 Å².